The third-order valence-electron chi connectivity index (χ3n) is 7.30. The quantitative estimate of drug-likeness (QED) is 0.436. The normalized spacial score (nSPS) is 27.1. The molecule has 4 heterocycles. The second kappa shape index (κ2) is 9.05. The van der Waals surface area contributed by atoms with Crippen molar-refractivity contribution in [2.75, 3.05) is 18.1 Å². The molecule has 0 radical (unpaired) electrons. The van der Waals surface area contributed by atoms with Gasteiger partial charge in [0.15, 0.2) is 0 Å². The van der Waals surface area contributed by atoms with E-state index in [1.165, 1.54) is 15.8 Å². The molecule has 6 heteroatoms. The highest BCUT2D eigenvalue weighted by atomic mass is 32.2. The van der Waals surface area contributed by atoms with Crippen LogP contribution in [0.1, 0.15) is 44.1 Å². The van der Waals surface area contributed by atoms with Gasteiger partial charge in [-0.1, -0.05) is 38.7 Å². The van der Waals surface area contributed by atoms with Crippen LogP contribution in [0.25, 0.3) is 15.8 Å². The average molecular weight is 481 g/mol. The first-order chi connectivity index (χ1) is 15.9. The lowest BCUT2D eigenvalue weighted by Gasteiger charge is -2.23. The molecular weight excluding hydrogens is 448 g/mol. The standard InChI is InChI=1S/C27H32N2O2S2/c1-5-6-7-18(8-9-19-16-32-13-12-31-19)21-10-11-28-22-14-20(33-25(21)22)15-29-17(2)23-24(26(29)30)27(23,3)4/h5-7,10-11,14,19,23-24H,2,8-9,12-13,15-16H2,1,3-4H3/b6-5-,18-7+. The van der Waals surface area contributed by atoms with E-state index in [9.17, 15) is 4.79 Å². The molecule has 0 spiro atoms. The van der Waals surface area contributed by atoms with Crippen LogP contribution >= 0.6 is 23.1 Å². The molecule has 174 valence electrons. The fourth-order valence-electron chi connectivity index (χ4n) is 5.39. The van der Waals surface area contributed by atoms with E-state index in [2.05, 4.69) is 55.8 Å². The van der Waals surface area contributed by atoms with Crippen LogP contribution in [0.4, 0.5) is 0 Å². The number of thioether (sulfide) groups is 1. The topological polar surface area (TPSA) is 42.4 Å². The van der Waals surface area contributed by atoms with E-state index in [0.29, 0.717) is 18.6 Å². The Morgan fingerprint density at radius 2 is 2.24 bits per heavy atom. The van der Waals surface area contributed by atoms with Crippen molar-refractivity contribution in [1.82, 2.24) is 9.88 Å². The molecular formula is C27H32N2O2S2. The zero-order valence-corrected chi connectivity index (χ0v) is 21.3. The number of thiophene rings is 1. The van der Waals surface area contributed by atoms with E-state index in [-0.39, 0.29) is 17.2 Å². The number of allylic oxidation sites excluding steroid dienone is 5. The fourth-order valence-corrected chi connectivity index (χ4v) is 7.45. The Bertz CT molecular complexity index is 1120. The summed E-state index contributed by atoms with van der Waals surface area (Å²) in [6, 6.07) is 4.28. The number of fused-ring (bicyclic) bond motifs is 2. The number of hydrogen-bond acceptors (Lipinski definition) is 5. The number of amides is 1. The van der Waals surface area contributed by atoms with Crippen molar-refractivity contribution in [1.29, 1.82) is 0 Å². The summed E-state index contributed by atoms with van der Waals surface area (Å²) >= 11 is 3.74. The summed E-state index contributed by atoms with van der Waals surface area (Å²) in [5, 5.41) is 0. The Kier molecular flexibility index (Phi) is 6.27. The lowest BCUT2D eigenvalue weighted by atomic mass is 9.99. The van der Waals surface area contributed by atoms with Crippen LogP contribution < -0.4 is 0 Å². The zero-order valence-electron chi connectivity index (χ0n) is 19.7. The van der Waals surface area contributed by atoms with Gasteiger partial charge in [-0.15, -0.1) is 11.3 Å². The summed E-state index contributed by atoms with van der Waals surface area (Å²) in [4.78, 5) is 20.7. The largest absolute Gasteiger partial charge is 0.376 e. The monoisotopic (exact) mass is 480 g/mol. The first-order valence-corrected chi connectivity index (χ1v) is 13.8. The van der Waals surface area contributed by atoms with Crippen molar-refractivity contribution >= 4 is 44.8 Å². The number of hydrogen-bond donors (Lipinski definition) is 0. The van der Waals surface area contributed by atoms with Crippen molar-refractivity contribution in [3.05, 3.63) is 59.3 Å². The highest BCUT2D eigenvalue weighted by Crippen LogP contribution is 2.66. The molecule has 2 aliphatic heterocycles. The van der Waals surface area contributed by atoms with Gasteiger partial charge in [0, 0.05) is 34.2 Å². The maximum atomic E-state index is 12.9. The van der Waals surface area contributed by atoms with Crippen LogP contribution in [0.5, 0.6) is 0 Å². The molecule has 2 aromatic heterocycles. The molecule has 3 atom stereocenters. The van der Waals surface area contributed by atoms with Crippen LogP contribution in [0, 0.1) is 17.3 Å². The molecule has 0 aromatic carbocycles. The van der Waals surface area contributed by atoms with E-state index in [0.717, 1.165) is 47.0 Å². The number of carbonyl (C=O) groups is 1. The van der Waals surface area contributed by atoms with E-state index in [4.69, 9.17) is 4.74 Å². The van der Waals surface area contributed by atoms with Gasteiger partial charge in [0.2, 0.25) is 5.91 Å². The van der Waals surface area contributed by atoms with Gasteiger partial charge >= 0.3 is 0 Å². The predicted molar refractivity (Wildman–Crippen MR) is 139 cm³/mol. The van der Waals surface area contributed by atoms with Gasteiger partial charge in [-0.05, 0) is 48.4 Å². The molecule has 0 bridgehead atoms. The van der Waals surface area contributed by atoms with Crippen LogP contribution in [0.3, 0.4) is 0 Å². The summed E-state index contributed by atoms with van der Waals surface area (Å²) < 4.78 is 7.16. The van der Waals surface area contributed by atoms with E-state index in [1.54, 1.807) is 11.3 Å². The fraction of sp³-hybridized carbons (Fsp3) is 0.481. The highest BCUT2D eigenvalue weighted by Gasteiger charge is 2.69. The van der Waals surface area contributed by atoms with Crippen molar-refractivity contribution in [3.63, 3.8) is 0 Å². The smallest absolute Gasteiger partial charge is 0.231 e. The molecule has 1 saturated carbocycles. The number of nitrogens with zero attached hydrogens (tertiary/aromatic N) is 2. The highest BCUT2D eigenvalue weighted by molar-refractivity contribution is 7.99. The van der Waals surface area contributed by atoms with Crippen LogP contribution in [-0.2, 0) is 16.1 Å². The van der Waals surface area contributed by atoms with Crippen LogP contribution in [0.2, 0.25) is 0 Å². The average Bonchev–Trinajstić information content (AvgIpc) is 3.06. The van der Waals surface area contributed by atoms with Gasteiger partial charge in [-0.25, -0.2) is 0 Å². The van der Waals surface area contributed by atoms with Crippen molar-refractivity contribution in [2.24, 2.45) is 17.3 Å². The molecule has 33 heavy (non-hydrogen) atoms. The third-order valence-corrected chi connectivity index (χ3v) is 9.50. The van der Waals surface area contributed by atoms with Gasteiger partial charge in [0.1, 0.15) is 0 Å². The minimum atomic E-state index is 0.0760. The van der Waals surface area contributed by atoms with Crippen molar-refractivity contribution < 1.29 is 9.53 Å². The number of ether oxygens (including phenoxy) is 1. The number of carbonyl (C=O) groups excluding carboxylic acids is 1. The van der Waals surface area contributed by atoms with Gasteiger partial charge in [-0.3, -0.25) is 9.78 Å². The number of pyridine rings is 1. The third kappa shape index (κ3) is 4.22. The molecule has 5 rings (SSSR count). The first kappa shape index (κ1) is 22.9. The van der Waals surface area contributed by atoms with E-state index < -0.39 is 0 Å². The molecule has 3 aliphatic rings. The predicted octanol–water partition coefficient (Wildman–Crippen LogP) is 6.30. The van der Waals surface area contributed by atoms with E-state index >= 15 is 0 Å². The molecule has 1 aliphatic carbocycles. The molecule has 4 nitrogen and oxygen atoms in total. The summed E-state index contributed by atoms with van der Waals surface area (Å²) in [6.07, 6.45) is 10.7. The minimum absolute atomic E-state index is 0.0760. The number of aromatic nitrogens is 1. The molecule has 3 fully saturated rings. The van der Waals surface area contributed by atoms with E-state index in [1.807, 2.05) is 29.8 Å². The Labute approximate surface area is 204 Å². The Hall–Kier alpha value is -1.89. The van der Waals surface area contributed by atoms with Gasteiger partial charge < -0.3 is 9.64 Å². The summed E-state index contributed by atoms with van der Waals surface area (Å²) in [7, 11) is 0. The second-order valence-corrected chi connectivity index (χ2v) is 12.1. The summed E-state index contributed by atoms with van der Waals surface area (Å²) in [6.45, 7) is 12.1. The number of likely N-dealkylation sites (tertiary alicyclic amines) is 1. The molecule has 2 aromatic rings. The van der Waals surface area contributed by atoms with Crippen LogP contribution in [-0.4, -0.2) is 40.0 Å². The SMILES string of the molecule is C=C1C2C(C(=O)N1Cc1cc3nccc(/C(=C/C=C\C)CCC4CSCCO4)c3s1)C2(C)C. The molecule has 2 saturated heterocycles. The van der Waals surface area contributed by atoms with Gasteiger partial charge in [0.05, 0.1) is 35.4 Å². The Morgan fingerprint density at radius 1 is 1.39 bits per heavy atom. The summed E-state index contributed by atoms with van der Waals surface area (Å²) in [5.74, 6) is 2.84. The first-order valence-electron chi connectivity index (χ1n) is 11.8. The number of rotatable bonds is 7. The van der Waals surface area contributed by atoms with Crippen molar-refractivity contribution in [2.45, 2.75) is 46.3 Å². The lowest BCUT2D eigenvalue weighted by Crippen LogP contribution is -2.29. The summed E-state index contributed by atoms with van der Waals surface area (Å²) in [5.41, 5.74) is 4.63. The molecule has 1 amide bonds. The number of piperidine rings is 1. The second-order valence-electron chi connectivity index (χ2n) is 9.80. The molecule has 3 unspecified atom stereocenters. The maximum absolute atomic E-state index is 12.9. The van der Waals surface area contributed by atoms with Crippen molar-refractivity contribution in [3.8, 4) is 0 Å². The lowest BCUT2D eigenvalue weighted by molar-refractivity contribution is -0.130. The van der Waals surface area contributed by atoms with Crippen LogP contribution in [0.15, 0.2) is 48.8 Å². The Morgan fingerprint density at radius 3 is 2.94 bits per heavy atom. The maximum Gasteiger partial charge on any atom is 0.231 e. The minimum Gasteiger partial charge on any atom is -0.376 e. The van der Waals surface area contributed by atoms with Gasteiger partial charge in [0.25, 0.3) is 0 Å². The zero-order chi connectivity index (χ0) is 23.2. The van der Waals surface area contributed by atoms with Gasteiger partial charge in [-0.2, -0.15) is 11.8 Å². The molecule has 0 N–H and O–H groups in total. The Balaban J connectivity index is 1.38.